The fourth-order valence-corrected chi connectivity index (χ4v) is 5.99. The highest BCUT2D eigenvalue weighted by molar-refractivity contribution is 7.92. The molecule has 0 aromatic heterocycles. The van der Waals surface area contributed by atoms with Crippen LogP contribution in [0.1, 0.15) is 55.7 Å². The number of anilines is 1. The van der Waals surface area contributed by atoms with Gasteiger partial charge in [0.1, 0.15) is 12.6 Å². The summed E-state index contributed by atoms with van der Waals surface area (Å²) in [4.78, 5) is 28.6. The molecule has 0 bridgehead atoms. The molecular weight excluding hydrogens is 533 g/mol. The molecule has 0 saturated heterocycles. The van der Waals surface area contributed by atoms with Gasteiger partial charge in [-0.3, -0.25) is 13.9 Å². The Bertz CT molecular complexity index is 1230. The number of hydrogen-bond acceptors (Lipinski definition) is 4. The molecule has 1 N–H and O–H groups in total. The summed E-state index contributed by atoms with van der Waals surface area (Å²) in [6.07, 6.45) is 5.32. The van der Waals surface area contributed by atoms with Gasteiger partial charge in [-0.1, -0.05) is 55.1 Å². The summed E-state index contributed by atoms with van der Waals surface area (Å²) in [6.45, 7) is 5.15. The molecule has 1 atom stereocenters. The normalized spacial score (nSPS) is 14.9. The second-order valence-electron chi connectivity index (χ2n) is 9.67. The molecule has 10 heteroatoms. The number of carbonyl (C=O) groups is 2. The molecule has 2 aromatic rings. The number of carbonyl (C=O) groups excluding carboxylic acids is 2. The highest BCUT2D eigenvalue weighted by atomic mass is 35.5. The molecule has 202 valence electrons. The van der Waals surface area contributed by atoms with Gasteiger partial charge in [0.15, 0.2) is 0 Å². The number of nitrogens with one attached hydrogen (secondary N) is 1. The van der Waals surface area contributed by atoms with Gasteiger partial charge in [0.25, 0.3) is 0 Å². The Balaban J connectivity index is 1.98. The Morgan fingerprint density at radius 3 is 2.22 bits per heavy atom. The summed E-state index contributed by atoms with van der Waals surface area (Å²) in [7, 11) is -3.80. The van der Waals surface area contributed by atoms with Gasteiger partial charge in [0, 0.05) is 28.2 Å². The van der Waals surface area contributed by atoms with Crippen LogP contribution in [0.25, 0.3) is 0 Å². The standard InChI is InChI=1S/C27H35Cl2N3O4S/c1-5-25(27(34)30-20-9-6-7-10-20)31(16-22-23(28)11-8-12-24(22)29)26(33)17-32(37(4,35)36)21-14-13-18(2)19(3)15-21/h8,11-15,20,25H,5-7,9-10,16-17H2,1-4H3,(H,30,34). The number of hydrogen-bond donors (Lipinski definition) is 1. The van der Waals surface area contributed by atoms with E-state index in [-0.39, 0.29) is 18.5 Å². The van der Waals surface area contributed by atoms with Crippen LogP contribution in [0.5, 0.6) is 0 Å². The molecule has 7 nitrogen and oxygen atoms in total. The minimum atomic E-state index is -3.80. The van der Waals surface area contributed by atoms with Crippen molar-refractivity contribution in [2.45, 2.75) is 71.5 Å². The Hall–Kier alpha value is -2.29. The van der Waals surface area contributed by atoms with Gasteiger partial charge in [-0.05, 0) is 68.5 Å². The average Bonchev–Trinajstić information content (AvgIpc) is 3.33. The van der Waals surface area contributed by atoms with E-state index in [9.17, 15) is 18.0 Å². The van der Waals surface area contributed by atoms with Gasteiger partial charge in [-0.25, -0.2) is 8.42 Å². The maximum atomic E-state index is 13.8. The van der Waals surface area contributed by atoms with E-state index in [1.54, 1.807) is 30.3 Å². The predicted molar refractivity (Wildman–Crippen MR) is 150 cm³/mol. The third-order valence-corrected chi connectivity index (χ3v) is 8.78. The van der Waals surface area contributed by atoms with Crippen molar-refractivity contribution in [3.63, 3.8) is 0 Å². The molecule has 1 aliphatic rings. The first-order valence-corrected chi connectivity index (χ1v) is 15.1. The predicted octanol–water partition coefficient (Wildman–Crippen LogP) is 5.24. The van der Waals surface area contributed by atoms with E-state index >= 15 is 0 Å². The minimum Gasteiger partial charge on any atom is -0.352 e. The molecule has 3 rings (SSSR count). The van der Waals surface area contributed by atoms with Gasteiger partial charge in [-0.2, -0.15) is 0 Å². The first kappa shape index (κ1) is 29.3. The summed E-state index contributed by atoms with van der Waals surface area (Å²) < 4.78 is 26.7. The Morgan fingerprint density at radius 2 is 1.68 bits per heavy atom. The maximum Gasteiger partial charge on any atom is 0.244 e. The highest BCUT2D eigenvalue weighted by Crippen LogP contribution is 2.28. The van der Waals surface area contributed by atoms with Gasteiger partial charge in [-0.15, -0.1) is 0 Å². The van der Waals surface area contributed by atoms with Crippen LogP contribution in [0.2, 0.25) is 10.0 Å². The zero-order valence-corrected chi connectivity index (χ0v) is 24.1. The number of benzene rings is 2. The van der Waals surface area contributed by atoms with Crippen molar-refractivity contribution in [2.75, 3.05) is 17.1 Å². The number of nitrogens with zero attached hydrogens (tertiary/aromatic N) is 2. The lowest BCUT2D eigenvalue weighted by atomic mass is 10.1. The molecular formula is C27H35Cl2N3O4S. The monoisotopic (exact) mass is 567 g/mol. The van der Waals surface area contributed by atoms with Crippen LogP contribution < -0.4 is 9.62 Å². The van der Waals surface area contributed by atoms with Crippen LogP contribution >= 0.6 is 23.2 Å². The summed E-state index contributed by atoms with van der Waals surface area (Å²) in [6, 6.07) is 9.53. The lowest BCUT2D eigenvalue weighted by molar-refractivity contribution is -0.140. The van der Waals surface area contributed by atoms with Crippen molar-refractivity contribution in [3.05, 3.63) is 63.1 Å². The number of amides is 2. The van der Waals surface area contributed by atoms with E-state index in [2.05, 4.69) is 5.32 Å². The van der Waals surface area contributed by atoms with Crippen molar-refractivity contribution in [1.29, 1.82) is 0 Å². The molecule has 2 amide bonds. The number of halogens is 2. The van der Waals surface area contributed by atoms with Crippen LogP contribution in [0.15, 0.2) is 36.4 Å². The summed E-state index contributed by atoms with van der Waals surface area (Å²) in [5.74, 6) is -0.781. The molecule has 0 spiro atoms. The molecule has 1 saturated carbocycles. The lowest BCUT2D eigenvalue weighted by Gasteiger charge is -2.34. The molecule has 2 aromatic carbocycles. The van der Waals surface area contributed by atoms with Gasteiger partial charge >= 0.3 is 0 Å². The minimum absolute atomic E-state index is 0.0293. The summed E-state index contributed by atoms with van der Waals surface area (Å²) in [5.41, 5.74) is 2.80. The van der Waals surface area contributed by atoms with Gasteiger partial charge in [0.05, 0.1) is 11.9 Å². The quantitative estimate of drug-likeness (QED) is 0.425. The van der Waals surface area contributed by atoms with E-state index in [1.807, 2.05) is 26.8 Å². The number of rotatable bonds is 10. The fraction of sp³-hybridized carbons (Fsp3) is 0.481. The van der Waals surface area contributed by atoms with Crippen LogP contribution in [-0.4, -0.2) is 50.0 Å². The van der Waals surface area contributed by atoms with Crippen molar-refractivity contribution in [2.24, 2.45) is 0 Å². The zero-order chi connectivity index (χ0) is 27.3. The first-order chi connectivity index (χ1) is 17.4. The average molecular weight is 569 g/mol. The fourth-order valence-electron chi connectivity index (χ4n) is 4.64. The summed E-state index contributed by atoms with van der Waals surface area (Å²) >= 11 is 12.8. The lowest BCUT2D eigenvalue weighted by Crippen LogP contribution is -2.53. The van der Waals surface area contributed by atoms with Crippen molar-refractivity contribution in [1.82, 2.24) is 10.2 Å². The molecule has 1 unspecified atom stereocenters. The Morgan fingerprint density at radius 1 is 1.05 bits per heavy atom. The number of sulfonamides is 1. The van der Waals surface area contributed by atoms with Crippen molar-refractivity contribution < 1.29 is 18.0 Å². The van der Waals surface area contributed by atoms with E-state index in [1.165, 1.54) is 4.90 Å². The highest BCUT2D eigenvalue weighted by Gasteiger charge is 2.33. The first-order valence-electron chi connectivity index (χ1n) is 12.5. The molecule has 37 heavy (non-hydrogen) atoms. The van der Waals surface area contributed by atoms with E-state index in [0.717, 1.165) is 47.4 Å². The maximum absolute atomic E-state index is 13.8. The number of aryl methyl sites for hydroxylation is 2. The van der Waals surface area contributed by atoms with Crippen LogP contribution in [0.3, 0.4) is 0 Å². The molecule has 0 aliphatic heterocycles. The molecule has 1 aliphatic carbocycles. The second kappa shape index (κ2) is 12.5. The van der Waals surface area contributed by atoms with Crippen LogP contribution in [0.4, 0.5) is 5.69 Å². The molecule has 0 radical (unpaired) electrons. The third-order valence-electron chi connectivity index (χ3n) is 6.94. The SMILES string of the molecule is CCC(C(=O)NC1CCCC1)N(Cc1c(Cl)cccc1Cl)C(=O)CN(c1ccc(C)c(C)c1)S(C)(=O)=O. The topological polar surface area (TPSA) is 86.8 Å². The van der Waals surface area contributed by atoms with Gasteiger partial charge in [0.2, 0.25) is 21.8 Å². The van der Waals surface area contributed by atoms with Crippen LogP contribution in [-0.2, 0) is 26.2 Å². The largest absolute Gasteiger partial charge is 0.352 e. The smallest absolute Gasteiger partial charge is 0.244 e. The molecule has 0 heterocycles. The second-order valence-corrected chi connectivity index (χ2v) is 12.4. The van der Waals surface area contributed by atoms with E-state index in [0.29, 0.717) is 27.7 Å². The Labute approximate surface area is 230 Å². The summed E-state index contributed by atoms with van der Waals surface area (Å²) in [5, 5.41) is 3.81. The van der Waals surface area contributed by atoms with Gasteiger partial charge < -0.3 is 10.2 Å². The molecule has 1 fully saturated rings. The van der Waals surface area contributed by atoms with E-state index in [4.69, 9.17) is 23.2 Å². The zero-order valence-electron chi connectivity index (χ0n) is 21.8. The van der Waals surface area contributed by atoms with Crippen molar-refractivity contribution >= 4 is 50.7 Å². The van der Waals surface area contributed by atoms with Crippen molar-refractivity contribution in [3.8, 4) is 0 Å². The third kappa shape index (κ3) is 7.39. The van der Waals surface area contributed by atoms with Crippen LogP contribution in [0, 0.1) is 13.8 Å². The van der Waals surface area contributed by atoms with E-state index < -0.39 is 28.5 Å². The Kier molecular flexibility index (Phi) is 9.89.